The van der Waals surface area contributed by atoms with Crippen LogP contribution in [0.4, 0.5) is 5.69 Å². The molecule has 0 spiro atoms. The van der Waals surface area contributed by atoms with E-state index in [1.807, 2.05) is 11.9 Å². The first kappa shape index (κ1) is 19.0. The van der Waals surface area contributed by atoms with Crippen LogP contribution in [0, 0.1) is 5.92 Å². The van der Waals surface area contributed by atoms with Crippen LogP contribution in [0.1, 0.15) is 25.7 Å². The van der Waals surface area contributed by atoms with Gasteiger partial charge in [0.05, 0.1) is 0 Å². The predicted molar refractivity (Wildman–Crippen MR) is 104 cm³/mol. The lowest BCUT2D eigenvalue weighted by atomic mass is 9.95. The lowest BCUT2D eigenvalue weighted by molar-refractivity contribution is -0.141. The maximum Gasteiger partial charge on any atom is 0.159 e. The molecule has 25 heavy (non-hydrogen) atoms. The number of rotatable bonds is 6. The largest absolute Gasteiger partial charge is 0.371 e. The highest BCUT2D eigenvalue weighted by Gasteiger charge is 2.26. The van der Waals surface area contributed by atoms with Gasteiger partial charge < -0.3 is 20.1 Å². The van der Waals surface area contributed by atoms with E-state index in [0.717, 1.165) is 51.9 Å². The van der Waals surface area contributed by atoms with Crippen molar-refractivity contribution in [3.8, 4) is 0 Å². The number of hydrogen-bond acceptors (Lipinski definition) is 6. The highest BCUT2D eigenvalue weighted by Crippen LogP contribution is 2.31. The summed E-state index contributed by atoms with van der Waals surface area (Å²) in [5.74, 6) is 0.487. The number of benzene rings is 1. The van der Waals surface area contributed by atoms with Crippen LogP contribution in [0.5, 0.6) is 0 Å². The standard InChI is InChI=1S/C19H31N3O2S/c1-23-19(24-2)15-6-10-21(11-7-15)17-4-3-5-18(14-17)25-22-12-8-16(20)9-13-22/h3-5,14-16,19H,6-13,20H2,1-2H3. The molecule has 6 heteroatoms. The minimum atomic E-state index is -0.0745. The van der Waals surface area contributed by atoms with Gasteiger partial charge in [0.1, 0.15) is 0 Å². The van der Waals surface area contributed by atoms with Crippen molar-refractivity contribution in [3.05, 3.63) is 24.3 Å². The molecule has 0 aromatic heterocycles. The first-order chi connectivity index (χ1) is 12.2. The maximum atomic E-state index is 6.00. The third-order valence-electron chi connectivity index (χ3n) is 5.30. The molecule has 0 unspecified atom stereocenters. The summed E-state index contributed by atoms with van der Waals surface area (Å²) in [7, 11) is 3.46. The first-order valence-corrected chi connectivity index (χ1v) is 10.1. The summed E-state index contributed by atoms with van der Waals surface area (Å²) in [6, 6.07) is 9.31. The zero-order chi connectivity index (χ0) is 17.6. The van der Waals surface area contributed by atoms with Gasteiger partial charge in [-0.3, -0.25) is 0 Å². The van der Waals surface area contributed by atoms with Gasteiger partial charge >= 0.3 is 0 Å². The van der Waals surface area contributed by atoms with E-state index in [9.17, 15) is 0 Å². The second kappa shape index (κ2) is 9.24. The maximum absolute atomic E-state index is 6.00. The quantitative estimate of drug-likeness (QED) is 0.618. The minimum Gasteiger partial charge on any atom is -0.371 e. The van der Waals surface area contributed by atoms with Crippen LogP contribution in [-0.2, 0) is 9.47 Å². The summed E-state index contributed by atoms with van der Waals surface area (Å²) < 4.78 is 13.3. The molecule has 5 nitrogen and oxygen atoms in total. The Morgan fingerprint density at radius 3 is 2.36 bits per heavy atom. The predicted octanol–water partition coefficient (Wildman–Crippen LogP) is 2.95. The number of nitrogens with zero attached hydrogens (tertiary/aromatic N) is 2. The van der Waals surface area contributed by atoms with Crippen molar-refractivity contribution in [2.24, 2.45) is 11.7 Å². The number of ether oxygens (including phenoxy) is 2. The normalized spacial score (nSPS) is 21.2. The van der Waals surface area contributed by atoms with Crippen LogP contribution in [0.3, 0.4) is 0 Å². The number of methoxy groups -OCH3 is 2. The molecule has 1 aromatic carbocycles. The molecule has 0 saturated carbocycles. The molecular formula is C19H31N3O2S. The Bertz CT molecular complexity index is 525. The van der Waals surface area contributed by atoms with Crippen molar-refractivity contribution in [1.29, 1.82) is 0 Å². The Hall–Kier alpha value is -0.790. The Kier molecular flexibility index (Phi) is 7.01. The lowest BCUT2D eigenvalue weighted by Gasteiger charge is -2.36. The van der Waals surface area contributed by atoms with Gasteiger partial charge in [0.2, 0.25) is 0 Å². The average molecular weight is 366 g/mol. The van der Waals surface area contributed by atoms with Gasteiger partial charge in [0.15, 0.2) is 6.29 Å². The second-order valence-corrected chi connectivity index (χ2v) is 8.19. The third-order valence-corrected chi connectivity index (χ3v) is 6.39. The van der Waals surface area contributed by atoms with Crippen molar-refractivity contribution in [3.63, 3.8) is 0 Å². The SMILES string of the molecule is COC(OC)C1CCN(c2cccc(SN3CCC(N)CC3)c2)CC1. The molecular weight excluding hydrogens is 334 g/mol. The molecule has 2 saturated heterocycles. The summed E-state index contributed by atoms with van der Waals surface area (Å²) in [5, 5.41) is 0. The van der Waals surface area contributed by atoms with E-state index in [1.54, 1.807) is 14.2 Å². The molecule has 0 radical (unpaired) electrons. The topological polar surface area (TPSA) is 51.0 Å². The molecule has 0 amide bonds. The van der Waals surface area contributed by atoms with Crippen LogP contribution in [0.2, 0.25) is 0 Å². The zero-order valence-corrected chi connectivity index (χ0v) is 16.2. The van der Waals surface area contributed by atoms with Crippen LogP contribution in [0.25, 0.3) is 0 Å². The van der Waals surface area contributed by atoms with E-state index in [2.05, 4.69) is 33.5 Å². The van der Waals surface area contributed by atoms with Crippen LogP contribution in [-0.4, -0.2) is 57.0 Å². The summed E-state index contributed by atoms with van der Waals surface area (Å²) in [5.41, 5.74) is 7.33. The van der Waals surface area contributed by atoms with E-state index in [1.165, 1.54) is 10.6 Å². The average Bonchev–Trinajstić information content (AvgIpc) is 2.65. The van der Waals surface area contributed by atoms with E-state index < -0.39 is 0 Å². The smallest absolute Gasteiger partial charge is 0.159 e. The van der Waals surface area contributed by atoms with Gasteiger partial charge in [-0.15, -0.1) is 0 Å². The minimum absolute atomic E-state index is 0.0745. The molecule has 0 bridgehead atoms. The lowest BCUT2D eigenvalue weighted by Crippen LogP contribution is -2.39. The fraction of sp³-hybridized carbons (Fsp3) is 0.684. The molecule has 2 aliphatic heterocycles. The molecule has 0 atom stereocenters. The molecule has 2 N–H and O–H groups in total. The van der Waals surface area contributed by atoms with E-state index in [-0.39, 0.29) is 6.29 Å². The van der Waals surface area contributed by atoms with E-state index >= 15 is 0 Å². The highest BCUT2D eigenvalue weighted by atomic mass is 32.2. The fourth-order valence-electron chi connectivity index (χ4n) is 3.76. The van der Waals surface area contributed by atoms with Gasteiger partial charge in [0, 0.05) is 62.9 Å². The van der Waals surface area contributed by atoms with Gasteiger partial charge in [-0.25, -0.2) is 4.31 Å². The van der Waals surface area contributed by atoms with Crippen LogP contribution < -0.4 is 10.6 Å². The Morgan fingerprint density at radius 2 is 1.72 bits per heavy atom. The van der Waals surface area contributed by atoms with Gasteiger partial charge in [0.25, 0.3) is 0 Å². The summed E-state index contributed by atoms with van der Waals surface area (Å²) >= 11 is 1.87. The first-order valence-electron chi connectivity index (χ1n) is 9.28. The number of hydrogen-bond donors (Lipinski definition) is 1. The summed E-state index contributed by atoms with van der Waals surface area (Å²) in [6.07, 6.45) is 4.33. The Balaban J connectivity index is 1.55. The summed E-state index contributed by atoms with van der Waals surface area (Å²) in [6.45, 7) is 4.27. The monoisotopic (exact) mass is 365 g/mol. The molecule has 2 aliphatic rings. The summed E-state index contributed by atoms with van der Waals surface area (Å²) in [4.78, 5) is 3.80. The molecule has 0 aliphatic carbocycles. The molecule has 2 heterocycles. The number of nitrogens with two attached hydrogens (primary N) is 1. The van der Waals surface area contributed by atoms with Gasteiger partial charge in [-0.05, 0) is 55.8 Å². The van der Waals surface area contributed by atoms with Crippen molar-refractivity contribution in [2.45, 2.75) is 42.9 Å². The van der Waals surface area contributed by atoms with E-state index in [0.29, 0.717) is 12.0 Å². The Morgan fingerprint density at radius 1 is 1.04 bits per heavy atom. The molecule has 140 valence electrons. The fourth-order valence-corrected chi connectivity index (χ4v) is 4.77. The number of piperidine rings is 2. The van der Waals surface area contributed by atoms with E-state index in [4.69, 9.17) is 15.2 Å². The van der Waals surface area contributed by atoms with Crippen LogP contribution in [0.15, 0.2) is 29.2 Å². The zero-order valence-electron chi connectivity index (χ0n) is 15.4. The molecule has 2 fully saturated rings. The van der Waals surface area contributed by atoms with Crippen LogP contribution >= 0.6 is 11.9 Å². The van der Waals surface area contributed by atoms with Crippen molar-refractivity contribution < 1.29 is 9.47 Å². The highest BCUT2D eigenvalue weighted by molar-refractivity contribution is 7.97. The molecule has 3 rings (SSSR count). The van der Waals surface area contributed by atoms with Gasteiger partial charge in [-0.1, -0.05) is 6.07 Å². The van der Waals surface area contributed by atoms with Crippen molar-refractivity contribution >= 4 is 17.6 Å². The second-order valence-electron chi connectivity index (χ2n) is 7.02. The Labute approximate surface area is 156 Å². The van der Waals surface area contributed by atoms with Crippen molar-refractivity contribution in [1.82, 2.24) is 4.31 Å². The van der Waals surface area contributed by atoms with Gasteiger partial charge in [-0.2, -0.15) is 0 Å². The van der Waals surface area contributed by atoms with Crippen molar-refractivity contribution in [2.75, 3.05) is 45.3 Å². The molecule has 1 aromatic rings. The third kappa shape index (κ3) is 5.11. The number of anilines is 1.